The van der Waals surface area contributed by atoms with Crippen LogP contribution in [0.3, 0.4) is 0 Å². The number of hydrogen-bond donors (Lipinski definition) is 3. The van der Waals surface area contributed by atoms with Crippen LogP contribution < -0.4 is 10.5 Å². The number of carbonyl (C=O) groups is 1. The van der Waals surface area contributed by atoms with Crippen molar-refractivity contribution in [3.8, 4) is 28.5 Å². The first kappa shape index (κ1) is 26.6. The number of H-pyrrole nitrogens is 1. The summed E-state index contributed by atoms with van der Waals surface area (Å²) in [7, 11) is 0. The number of ether oxygens (including phenoxy) is 2. The number of nitrogens with two attached hydrogens (primary N) is 1. The Labute approximate surface area is 228 Å². The summed E-state index contributed by atoms with van der Waals surface area (Å²) in [6.45, 7) is 13.3. The predicted molar refractivity (Wildman–Crippen MR) is 150 cm³/mol. The van der Waals surface area contributed by atoms with Gasteiger partial charge in [0.1, 0.15) is 17.2 Å². The lowest BCUT2D eigenvalue weighted by atomic mass is 9.92. The molecular weight excluding hydrogens is 494 g/mol. The summed E-state index contributed by atoms with van der Waals surface area (Å²) in [4.78, 5) is 19.0. The largest absolute Gasteiger partial charge is 0.507 e. The zero-order valence-electron chi connectivity index (χ0n) is 23.0. The molecule has 1 aliphatic rings. The van der Waals surface area contributed by atoms with Crippen molar-refractivity contribution in [1.82, 2.24) is 20.1 Å². The highest BCUT2D eigenvalue weighted by Gasteiger charge is 2.29. The molecule has 5 rings (SSSR count). The standard InChI is InChI=1S/C30H35N5O4/c1-17(2)20-8-9-24-22(14-32-34-24)28(20)25-13-27(39-19-6-7-21(29(31)37)26(36)12-19)23(18(3)33-25)15-35-10-11-38-30(4,5)16-35/h6-9,12-14,17,36H,10-11,15-16H2,1-5H3,(H2,31,37)(H,32,34). The van der Waals surface area contributed by atoms with Crippen LogP contribution in [0.4, 0.5) is 0 Å². The van der Waals surface area contributed by atoms with Gasteiger partial charge in [-0.05, 0) is 50.5 Å². The molecule has 2 aromatic heterocycles. The normalized spacial score (nSPS) is 15.6. The van der Waals surface area contributed by atoms with Gasteiger partial charge in [-0.3, -0.25) is 19.8 Å². The van der Waals surface area contributed by atoms with Crippen molar-refractivity contribution in [2.24, 2.45) is 5.73 Å². The summed E-state index contributed by atoms with van der Waals surface area (Å²) in [5.41, 5.74) is 10.8. The first-order valence-corrected chi connectivity index (χ1v) is 13.2. The zero-order valence-corrected chi connectivity index (χ0v) is 23.0. The molecule has 0 aliphatic carbocycles. The van der Waals surface area contributed by atoms with Gasteiger partial charge in [-0.1, -0.05) is 19.9 Å². The Bertz CT molecular complexity index is 1540. The molecule has 9 nitrogen and oxygen atoms in total. The van der Waals surface area contributed by atoms with Crippen LogP contribution in [0.1, 0.15) is 60.8 Å². The summed E-state index contributed by atoms with van der Waals surface area (Å²) >= 11 is 0. The number of primary amides is 1. The van der Waals surface area contributed by atoms with E-state index in [0.717, 1.165) is 52.1 Å². The smallest absolute Gasteiger partial charge is 0.252 e. The molecular formula is C30H35N5O4. The first-order valence-electron chi connectivity index (χ1n) is 13.2. The lowest BCUT2D eigenvalue weighted by Crippen LogP contribution is -2.47. The Morgan fingerprint density at radius 1 is 1.26 bits per heavy atom. The van der Waals surface area contributed by atoms with Crippen molar-refractivity contribution in [3.05, 3.63) is 65.0 Å². The van der Waals surface area contributed by atoms with Crippen molar-refractivity contribution in [3.63, 3.8) is 0 Å². The molecule has 204 valence electrons. The van der Waals surface area contributed by atoms with Crippen LogP contribution in [0.2, 0.25) is 0 Å². The number of nitrogens with zero attached hydrogens (tertiary/aromatic N) is 3. The number of carbonyl (C=O) groups excluding carboxylic acids is 1. The fraction of sp³-hybridized carbons (Fsp3) is 0.367. The Kier molecular flexibility index (Phi) is 7.05. The van der Waals surface area contributed by atoms with Gasteiger partial charge in [0.15, 0.2) is 0 Å². The zero-order chi connectivity index (χ0) is 27.9. The van der Waals surface area contributed by atoms with E-state index in [9.17, 15) is 9.90 Å². The van der Waals surface area contributed by atoms with Crippen LogP contribution in [-0.4, -0.2) is 56.4 Å². The van der Waals surface area contributed by atoms with Crippen molar-refractivity contribution in [2.75, 3.05) is 19.7 Å². The molecule has 0 unspecified atom stereocenters. The summed E-state index contributed by atoms with van der Waals surface area (Å²) in [6, 6.07) is 10.6. The number of aromatic hydroxyl groups is 1. The monoisotopic (exact) mass is 529 g/mol. The van der Waals surface area contributed by atoms with Crippen LogP contribution in [0, 0.1) is 6.92 Å². The van der Waals surface area contributed by atoms with Gasteiger partial charge in [-0.2, -0.15) is 5.10 Å². The molecule has 4 N–H and O–H groups in total. The predicted octanol–water partition coefficient (Wildman–Crippen LogP) is 5.26. The van der Waals surface area contributed by atoms with Crippen molar-refractivity contribution >= 4 is 16.8 Å². The molecule has 1 amide bonds. The van der Waals surface area contributed by atoms with Gasteiger partial charge in [0.25, 0.3) is 5.91 Å². The molecule has 2 aromatic carbocycles. The van der Waals surface area contributed by atoms with E-state index >= 15 is 0 Å². The SMILES string of the molecule is Cc1nc(-c2c(C(C)C)ccc3[nH]ncc23)cc(Oc2ccc(C(N)=O)c(O)c2)c1CN1CCOC(C)(C)C1. The number of hydrogen-bond acceptors (Lipinski definition) is 7. The maximum Gasteiger partial charge on any atom is 0.252 e. The lowest BCUT2D eigenvalue weighted by Gasteiger charge is -2.38. The molecule has 4 aromatic rings. The summed E-state index contributed by atoms with van der Waals surface area (Å²) in [6.07, 6.45) is 1.83. The van der Waals surface area contributed by atoms with E-state index in [1.807, 2.05) is 25.3 Å². The van der Waals surface area contributed by atoms with Gasteiger partial charge in [0.05, 0.1) is 35.2 Å². The van der Waals surface area contributed by atoms with Crippen LogP contribution in [0.15, 0.2) is 42.6 Å². The molecule has 0 saturated carbocycles. The second-order valence-corrected chi connectivity index (χ2v) is 11.0. The average Bonchev–Trinajstić information content (AvgIpc) is 3.33. The molecule has 0 bridgehead atoms. The number of aryl methyl sites for hydroxylation is 1. The fourth-order valence-electron chi connectivity index (χ4n) is 5.27. The van der Waals surface area contributed by atoms with Gasteiger partial charge in [0.2, 0.25) is 0 Å². The van der Waals surface area contributed by atoms with E-state index in [-0.39, 0.29) is 22.8 Å². The average molecular weight is 530 g/mol. The molecule has 1 aliphatic heterocycles. The number of aromatic nitrogens is 3. The third kappa shape index (κ3) is 5.46. The van der Waals surface area contributed by atoms with E-state index in [0.29, 0.717) is 24.7 Å². The van der Waals surface area contributed by atoms with E-state index in [1.54, 1.807) is 6.07 Å². The Balaban J connectivity index is 1.64. The van der Waals surface area contributed by atoms with E-state index < -0.39 is 5.91 Å². The second-order valence-electron chi connectivity index (χ2n) is 11.0. The van der Waals surface area contributed by atoms with Crippen LogP contribution in [0.25, 0.3) is 22.2 Å². The number of pyridine rings is 1. The van der Waals surface area contributed by atoms with Crippen molar-refractivity contribution in [2.45, 2.75) is 52.7 Å². The second kappa shape index (κ2) is 10.3. The van der Waals surface area contributed by atoms with E-state index in [1.165, 1.54) is 12.1 Å². The minimum Gasteiger partial charge on any atom is -0.507 e. The van der Waals surface area contributed by atoms with Gasteiger partial charge >= 0.3 is 0 Å². The maximum absolute atomic E-state index is 11.6. The molecule has 9 heteroatoms. The van der Waals surface area contributed by atoms with Crippen LogP contribution in [0.5, 0.6) is 17.2 Å². The molecule has 39 heavy (non-hydrogen) atoms. The highest BCUT2D eigenvalue weighted by Crippen LogP contribution is 2.39. The Morgan fingerprint density at radius 2 is 2.05 bits per heavy atom. The maximum atomic E-state index is 11.6. The molecule has 1 saturated heterocycles. The number of fused-ring (bicyclic) bond motifs is 1. The van der Waals surface area contributed by atoms with Crippen LogP contribution >= 0.6 is 0 Å². The summed E-state index contributed by atoms with van der Waals surface area (Å²) < 4.78 is 12.3. The minimum atomic E-state index is -0.703. The highest BCUT2D eigenvalue weighted by molar-refractivity contribution is 5.96. The number of aromatic amines is 1. The van der Waals surface area contributed by atoms with Crippen molar-refractivity contribution in [1.29, 1.82) is 0 Å². The third-order valence-electron chi connectivity index (χ3n) is 7.17. The lowest BCUT2D eigenvalue weighted by molar-refractivity contribution is -0.0884. The van der Waals surface area contributed by atoms with E-state index in [4.69, 9.17) is 20.2 Å². The first-order chi connectivity index (χ1) is 18.5. The minimum absolute atomic E-state index is 0.0398. The highest BCUT2D eigenvalue weighted by atomic mass is 16.5. The molecule has 0 spiro atoms. The number of amides is 1. The number of morpholine rings is 1. The summed E-state index contributed by atoms with van der Waals surface area (Å²) in [5.74, 6) is 0.352. The van der Waals surface area contributed by atoms with Crippen LogP contribution in [-0.2, 0) is 11.3 Å². The number of nitrogens with one attached hydrogen (secondary N) is 1. The van der Waals surface area contributed by atoms with Gasteiger partial charge in [0, 0.05) is 54.0 Å². The number of benzene rings is 2. The Hall–Kier alpha value is -3.95. The summed E-state index contributed by atoms with van der Waals surface area (Å²) in [5, 5.41) is 18.7. The molecule has 3 heterocycles. The van der Waals surface area contributed by atoms with E-state index in [2.05, 4.69) is 48.9 Å². The quantitative estimate of drug-likeness (QED) is 0.298. The molecule has 0 radical (unpaired) electrons. The molecule has 1 fully saturated rings. The fourth-order valence-corrected chi connectivity index (χ4v) is 5.27. The third-order valence-corrected chi connectivity index (χ3v) is 7.17. The number of rotatable bonds is 7. The van der Waals surface area contributed by atoms with Gasteiger partial charge < -0.3 is 20.3 Å². The van der Waals surface area contributed by atoms with Crippen molar-refractivity contribution < 1.29 is 19.4 Å². The Morgan fingerprint density at radius 3 is 2.74 bits per heavy atom. The molecule has 0 atom stereocenters. The van der Waals surface area contributed by atoms with Gasteiger partial charge in [-0.25, -0.2) is 0 Å². The number of phenols is 1. The topological polar surface area (TPSA) is 127 Å². The van der Waals surface area contributed by atoms with Gasteiger partial charge in [-0.15, -0.1) is 0 Å².